The number of aromatic nitrogens is 2. The molecule has 0 amide bonds. The van der Waals surface area contributed by atoms with Gasteiger partial charge in [0.2, 0.25) is 5.79 Å². The Morgan fingerprint density at radius 1 is 1.22 bits per heavy atom. The second kappa shape index (κ2) is 16.1. The highest BCUT2D eigenvalue weighted by Crippen LogP contribution is 2.49. The van der Waals surface area contributed by atoms with Gasteiger partial charge in [-0.2, -0.15) is 4.98 Å². The van der Waals surface area contributed by atoms with Crippen LogP contribution in [0.5, 0.6) is 0 Å². The molecule has 0 spiro atoms. The van der Waals surface area contributed by atoms with E-state index in [1.165, 1.54) is 20.1 Å². The lowest BCUT2D eigenvalue weighted by molar-refractivity contribution is -0.380. The van der Waals surface area contributed by atoms with E-state index in [0.29, 0.717) is 13.2 Å². The number of hydrogen-bond donors (Lipinski definition) is 6. The van der Waals surface area contributed by atoms with Crippen molar-refractivity contribution in [3.8, 4) is 0 Å². The highest BCUT2D eigenvalue weighted by molar-refractivity contribution is 7.45. The first-order chi connectivity index (χ1) is 21.1. The fourth-order valence-electron chi connectivity index (χ4n) is 4.64. The third-order valence-corrected chi connectivity index (χ3v) is 8.17. The topological polar surface area (TPSA) is 307 Å². The maximum absolute atomic E-state index is 12.8. The first kappa shape index (κ1) is 37.3. The van der Waals surface area contributed by atoms with Gasteiger partial charge in [0, 0.05) is 25.6 Å². The Hall–Kier alpha value is -2.14. The van der Waals surface area contributed by atoms with Crippen LogP contribution in [0.2, 0.25) is 0 Å². The van der Waals surface area contributed by atoms with Crippen LogP contribution in [0.4, 0.5) is 5.82 Å². The van der Waals surface area contributed by atoms with Crippen LogP contribution in [0.3, 0.4) is 0 Å². The molecule has 2 aliphatic heterocycles. The Kier molecular flexibility index (Phi) is 13.4. The summed E-state index contributed by atoms with van der Waals surface area (Å²) >= 11 is 0. The van der Waals surface area contributed by atoms with Gasteiger partial charge in [-0.15, -0.1) is 0 Å². The molecule has 4 unspecified atom stereocenters. The first-order valence-corrected chi connectivity index (χ1v) is 15.2. The van der Waals surface area contributed by atoms with E-state index in [1.807, 2.05) is 0 Å². The summed E-state index contributed by atoms with van der Waals surface area (Å²) in [6, 6.07) is 1.21. The summed E-state index contributed by atoms with van der Waals surface area (Å²) in [6.07, 6.45) is -13.4. The van der Waals surface area contributed by atoms with Crippen LogP contribution in [0.25, 0.3) is 0 Å². The van der Waals surface area contributed by atoms with Crippen molar-refractivity contribution in [3.05, 3.63) is 22.7 Å². The number of aliphatic hydroxyl groups excluding tert-OH is 5. The number of phosphoric acid groups is 1. The highest BCUT2D eigenvalue weighted by atomic mass is 31.2. The maximum atomic E-state index is 12.8. The molecule has 2 fully saturated rings. The zero-order valence-corrected chi connectivity index (χ0v) is 25.2. The lowest BCUT2D eigenvalue weighted by atomic mass is 9.85. The summed E-state index contributed by atoms with van der Waals surface area (Å²) in [5.74, 6) is -6.64. The summed E-state index contributed by atoms with van der Waals surface area (Å²) < 4.78 is 49.0. The number of ether oxygens (including phenoxy) is 5. The normalized spacial score (nSPS) is 33.0. The summed E-state index contributed by atoms with van der Waals surface area (Å²) in [4.78, 5) is 40.5. The SMILES string of the molecule is COCCOCCOC[C@@H](O)[C@@H](O)C1O[C@](OP(=O)([O-])OCC2OC(n3ccc(N)nc3=O)[C@H](O)[C@@H]2O)(C(=O)[O-])C[C@H](O)[C@H]1C. The number of hydrogen-bond acceptors (Lipinski definition) is 19. The van der Waals surface area contributed by atoms with Crippen molar-refractivity contribution >= 4 is 19.6 Å². The maximum Gasteiger partial charge on any atom is 0.351 e. The zero-order valence-electron chi connectivity index (χ0n) is 24.4. The van der Waals surface area contributed by atoms with Crippen molar-refractivity contribution in [3.63, 3.8) is 0 Å². The number of rotatable bonds is 17. The molecule has 3 rings (SSSR count). The van der Waals surface area contributed by atoms with Crippen LogP contribution in [0.1, 0.15) is 19.6 Å². The average molecular weight is 672 g/mol. The molecular weight excluding hydrogens is 633 g/mol. The lowest BCUT2D eigenvalue weighted by Crippen LogP contribution is -2.64. The Labute approximate surface area is 256 Å². The molecule has 0 aliphatic carbocycles. The second-order valence-corrected chi connectivity index (χ2v) is 11.7. The highest BCUT2D eigenvalue weighted by Gasteiger charge is 2.52. The van der Waals surface area contributed by atoms with Gasteiger partial charge in [-0.05, 0) is 6.07 Å². The van der Waals surface area contributed by atoms with Crippen molar-refractivity contribution in [2.75, 3.05) is 52.5 Å². The van der Waals surface area contributed by atoms with Gasteiger partial charge >= 0.3 is 5.69 Å². The van der Waals surface area contributed by atoms with E-state index in [9.17, 15) is 49.7 Å². The number of nitrogen functional groups attached to an aromatic ring is 1. The predicted molar refractivity (Wildman–Crippen MR) is 141 cm³/mol. The quantitative estimate of drug-likeness (QED) is 0.0665. The molecule has 0 bridgehead atoms. The molecule has 7 N–H and O–H groups in total. The van der Waals surface area contributed by atoms with E-state index in [1.54, 1.807) is 0 Å². The molecule has 0 aromatic carbocycles. The summed E-state index contributed by atoms with van der Waals surface area (Å²) in [6.45, 7) is 0.668. The third-order valence-electron chi connectivity index (χ3n) is 7.18. The molecular formula is C24H38N3O17P-2. The molecule has 0 radical (unpaired) electrons. The Bertz CT molecular complexity index is 1220. The second-order valence-electron chi connectivity index (χ2n) is 10.4. The predicted octanol–water partition coefficient (Wildman–Crippen LogP) is -5.42. The van der Waals surface area contributed by atoms with E-state index < -0.39 is 99.8 Å². The average Bonchev–Trinajstić information content (AvgIpc) is 3.25. The minimum absolute atomic E-state index is 0.0186. The smallest absolute Gasteiger partial charge is 0.351 e. The van der Waals surface area contributed by atoms with E-state index >= 15 is 0 Å². The third kappa shape index (κ3) is 9.46. The standard InChI is InChI=1S/C24H40N3O17P/c1-12-13(28)9-24(22(33)34,43-20(12)17(30)14(29)10-40-8-7-39-6-5-38-2)44-45(36,37)41-11-15-18(31)19(32)21(42-15)27-4-3-16(25)26-23(27)35/h3-4,12-15,17-21,28-32H,5-11H2,1-2H3,(H,33,34)(H,36,37)(H2,25,26,35)/p-2/t12-,13+,14-,15?,17-,18-,19-,20?,21?,24-/m1/s1. The number of carboxylic acids is 1. The Balaban J connectivity index is 1.64. The van der Waals surface area contributed by atoms with Gasteiger partial charge in [-0.1, -0.05) is 6.92 Å². The van der Waals surface area contributed by atoms with Crippen molar-refractivity contribution < 1.29 is 77.6 Å². The monoisotopic (exact) mass is 671 g/mol. The fourth-order valence-corrected chi connectivity index (χ4v) is 5.57. The molecule has 1 aromatic heterocycles. The van der Waals surface area contributed by atoms with E-state index in [-0.39, 0.29) is 19.0 Å². The molecule has 258 valence electrons. The molecule has 0 saturated carbocycles. The van der Waals surface area contributed by atoms with E-state index in [4.69, 9.17) is 38.5 Å². The van der Waals surface area contributed by atoms with Crippen LogP contribution >= 0.6 is 7.82 Å². The minimum Gasteiger partial charge on any atom is -0.756 e. The van der Waals surface area contributed by atoms with Gasteiger partial charge in [-0.3, -0.25) is 13.7 Å². The van der Waals surface area contributed by atoms with Crippen LogP contribution < -0.4 is 21.4 Å². The van der Waals surface area contributed by atoms with Gasteiger partial charge in [-0.25, -0.2) is 4.79 Å². The Morgan fingerprint density at radius 3 is 2.53 bits per heavy atom. The van der Waals surface area contributed by atoms with Gasteiger partial charge in [0.1, 0.15) is 42.3 Å². The van der Waals surface area contributed by atoms with Crippen molar-refractivity contribution in [1.29, 1.82) is 0 Å². The van der Waals surface area contributed by atoms with Gasteiger partial charge in [0.25, 0.3) is 7.82 Å². The number of nitrogens with zero attached hydrogens (tertiary/aromatic N) is 2. The number of phosphoric ester groups is 1. The molecule has 2 aliphatic rings. The van der Waals surface area contributed by atoms with Crippen molar-refractivity contribution in [2.24, 2.45) is 5.92 Å². The first-order valence-electron chi connectivity index (χ1n) is 13.7. The van der Waals surface area contributed by atoms with Crippen LogP contribution in [-0.2, 0) is 42.1 Å². The van der Waals surface area contributed by atoms with Gasteiger partial charge < -0.3 is 74.3 Å². The number of aliphatic hydroxyl groups is 5. The molecule has 20 nitrogen and oxygen atoms in total. The number of methoxy groups -OCH3 is 1. The number of carboxylic acid groups (broad SMARTS) is 1. The molecule has 2 saturated heterocycles. The fraction of sp³-hybridized carbons (Fsp3) is 0.792. The van der Waals surface area contributed by atoms with Gasteiger partial charge in [0.05, 0.1) is 51.8 Å². The summed E-state index contributed by atoms with van der Waals surface area (Å²) in [5.41, 5.74) is 4.49. The molecule has 21 heteroatoms. The van der Waals surface area contributed by atoms with Crippen molar-refractivity contribution in [1.82, 2.24) is 9.55 Å². The van der Waals surface area contributed by atoms with Crippen LogP contribution in [-0.4, -0.2) is 136 Å². The number of carbonyl (C=O) groups is 1. The number of anilines is 1. The molecule has 1 aromatic rings. The number of aliphatic carboxylic acids is 1. The van der Waals surface area contributed by atoms with Crippen LogP contribution in [0.15, 0.2) is 17.1 Å². The largest absolute Gasteiger partial charge is 0.756 e. The van der Waals surface area contributed by atoms with Gasteiger partial charge in [0.15, 0.2) is 6.23 Å². The number of carbonyl (C=O) groups excluding carboxylic acids is 1. The molecule has 45 heavy (non-hydrogen) atoms. The van der Waals surface area contributed by atoms with Crippen molar-refractivity contribution in [2.45, 2.75) is 68.1 Å². The zero-order chi connectivity index (χ0) is 33.5. The minimum atomic E-state index is -5.72. The van der Waals surface area contributed by atoms with E-state index in [0.717, 1.165) is 10.8 Å². The Morgan fingerprint density at radius 2 is 1.89 bits per heavy atom. The van der Waals surface area contributed by atoms with Crippen LogP contribution in [0, 0.1) is 5.92 Å². The number of nitrogens with two attached hydrogens (primary N) is 1. The molecule has 3 heterocycles. The lowest BCUT2D eigenvalue weighted by Gasteiger charge is -2.49. The summed E-state index contributed by atoms with van der Waals surface area (Å²) in [5, 5.41) is 64.5. The van der Waals surface area contributed by atoms with E-state index in [2.05, 4.69) is 4.98 Å². The summed E-state index contributed by atoms with van der Waals surface area (Å²) in [7, 11) is -4.22. The molecule has 11 atom stereocenters.